The average molecular weight is 728 g/mol. The van der Waals surface area contributed by atoms with Gasteiger partial charge < -0.3 is 70.1 Å². The minimum atomic E-state index is -1.65. The van der Waals surface area contributed by atoms with Crippen LogP contribution in [0.2, 0.25) is 0 Å². The highest BCUT2D eigenvalue weighted by atomic mass is 16.5. The van der Waals surface area contributed by atoms with Gasteiger partial charge in [0.1, 0.15) is 18.1 Å². The summed E-state index contributed by atoms with van der Waals surface area (Å²) in [6.07, 6.45) is 1.31. The topological polar surface area (TPSA) is 293 Å². The molecule has 284 valence electrons. The highest BCUT2D eigenvalue weighted by Crippen LogP contribution is 2.29. The van der Waals surface area contributed by atoms with E-state index < -0.39 is 74.7 Å². The van der Waals surface area contributed by atoms with E-state index in [1.165, 1.54) is 11.8 Å². The third-order valence-corrected chi connectivity index (χ3v) is 7.69. The maximum Gasteiger partial charge on any atom is 0.282 e. The lowest BCUT2D eigenvalue weighted by Crippen LogP contribution is -2.66. The van der Waals surface area contributed by atoms with Crippen molar-refractivity contribution in [3.63, 3.8) is 0 Å². The van der Waals surface area contributed by atoms with Crippen LogP contribution in [0.1, 0.15) is 26.2 Å². The van der Waals surface area contributed by atoms with Crippen LogP contribution in [0.5, 0.6) is 5.75 Å². The Labute approximate surface area is 299 Å². The van der Waals surface area contributed by atoms with Gasteiger partial charge in [-0.05, 0) is 37.1 Å². The van der Waals surface area contributed by atoms with Crippen molar-refractivity contribution in [3.05, 3.63) is 48.5 Å². The molecule has 0 saturated heterocycles. The molecule has 52 heavy (non-hydrogen) atoms. The quantitative estimate of drug-likeness (QED) is 0.0910. The summed E-state index contributed by atoms with van der Waals surface area (Å²) in [5.74, 6) is -8.13. The van der Waals surface area contributed by atoms with Gasteiger partial charge in [0.25, 0.3) is 5.91 Å². The Morgan fingerprint density at radius 1 is 0.731 bits per heavy atom. The van der Waals surface area contributed by atoms with E-state index in [1.807, 2.05) is 0 Å². The van der Waals surface area contributed by atoms with Gasteiger partial charge in [-0.2, -0.15) is 0 Å². The number of carboxylic acids is 5. The molecule has 0 bridgehead atoms. The van der Waals surface area contributed by atoms with Crippen LogP contribution in [0.25, 0.3) is 11.1 Å². The highest BCUT2D eigenvalue weighted by molar-refractivity contribution is 5.97. The number of quaternary nitrogens is 1. The van der Waals surface area contributed by atoms with Crippen molar-refractivity contribution >= 4 is 47.2 Å². The highest BCUT2D eigenvalue weighted by Gasteiger charge is 2.24. The second-order valence-electron chi connectivity index (χ2n) is 12.0. The van der Waals surface area contributed by atoms with Crippen LogP contribution in [0.3, 0.4) is 0 Å². The molecule has 0 fully saturated rings. The number of para-hydroxylation sites is 1. The largest absolute Gasteiger partial charge is 0.549 e. The summed E-state index contributed by atoms with van der Waals surface area (Å²) in [5.41, 5.74) is 5.73. The summed E-state index contributed by atoms with van der Waals surface area (Å²) in [7, 11) is 0. The molecule has 18 nitrogen and oxygen atoms in total. The molecule has 0 heterocycles. The number of carbonyl (C=O) groups is 7. The molecule has 0 aliphatic heterocycles. The third kappa shape index (κ3) is 16.5. The Kier molecular flexibility index (Phi) is 17.8. The summed E-state index contributed by atoms with van der Waals surface area (Å²) in [4.78, 5) is 83.8. The van der Waals surface area contributed by atoms with Crippen molar-refractivity contribution in [3.8, 4) is 16.9 Å². The normalized spacial score (nSPS) is 12.3. The van der Waals surface area contributed by atoms with E-state index in [9.17, 15) is 59.1 Å². The maximum atomic E-state index is 12.8. The Bertz CT molecular complexity index is 1520. The smallest absolute Gasteiger partial charge is 0.282 e. The number of carbonyl (C=O) groups excluding carboxylic acids is 7. The maximum absolute atomic E-state index is 12.8. The van der Waals surface area contributed by atoms with Crippen LogP contribution < -0.4 is 41.3 Å². The molecule has 2 aromatic rings. The van der Waals surface area contributed by atoms with Gasteiger partial charge >= 0.3 is 0 Å². The van der Waals surface area contributed by atoms with E-state index in [4.69, 9.17) is 4.74 Å². The third-order valence-electron chi connectivity index (χ3n) is 7.69. The van der Waals surface area contributed by atoms with Crippen molar-refractivity contribution < 1.29 is 69.6 Å². The van der Waals surface area contributed by atoms with Crippen molar-refractivity contribution in [1.29, 1.82) is 0 Å². The molecule has 0 saturated carbocycles. The number of hydrogen-bond donors (Lipinski definition) is 2. The summed E-state index contributed by atoms with van der Waals surface area (Å²) in [6, 6.07) is 11.8. The van der Waals surface area contributed by atoms with Gasteiger partial charge in [0.2, 0.25) is 0 Å². The Hall–Kier alpha value is -5.43. The summed E-state index contributed by atoms with van der Waals surface area (Å²) in [5, 5.41) is 59.7. The number of Topliss-reactive ketones (excluding diaryl/α,β-unsaturated/α-hetero) is 1. The number of amides is 1. The van der Waals surface area contributed by atoms with Gasteiger partial charge in [0, 0.05) is 76.5 Å². The number of nitrogens with zero attached hydrogens (tertiary/aromatic N) is 3. The molecule has 18 heteroatoms. The van der Waals surface area contributed by atoms with E-state index in [1.54, 1.807) is 48.5 Å². The monoisotopic (exact) mass is 727 g/mol. The van der Waals surface area contributed by atoms with E-state index in [0.717, 1.165) is 9.80 Å². The molecule has 2 atom stereocenters. The zero-order valence-corrected chi connectivity index (χ0v) is 28.6. The Morgan fingerprint density at radius 3 is 1.79 bits per heavy atom. The molecule has 2 unspecified atom stereocenters. The van der Waals surface area contributed by atoms with Gasteiger partial charge in [-0.3, -0.25) is 19.5 Å². The molecular weight excluding hydrogens is 686 g/mol. The fraction of sp³-hybridized carbons (Fsp3) is 0.441. The number of carboxylic acid groups (broad SMARTS) is 5. The summed E-state index contributed by atoms with van der Waals surface area (Å²) >= 11 is 0. The predicted octanol–water partition coefficient (Wildman–Crippen LogP) is -6.94. The Morgan fingerprint density at radius 2 is 1.25 bits per heavy atom. The zero-order valence-electron chi connectivity index (χ0n) is 28.6. The van der Waals surface area contributed by atoms with Gasteiger partial charge in [-0.25, -0.2) is 0 Å². The fourth-order valence-corrected chi connectivity index (χ4v) is 5.23. The molecule has 4 N–H and O–H groups in total. The number of aliphatic carboxylic acids is 5. The first-order chi connectivity index (χ1) is 24.5. The standard InChI is InChI=1S/C34H45N5O13/c1-22(40)5-4-7-27(35)34(51)36-28-8-3-2-6-26(28)23-9-11-25(12-10-23)52-21-24(39(19-32(47)48)20-33(49)50)15-37(16-29(41)42)13-14-38(17-30(43)44)18-31(45)46/h2-3,6,8-12,24,27H,4-5,7,13-21,35H2,1H3,(H,36,51)(H,41,42)(H,43,44)(H,45,46)(H,47,48)(H,49,50)/p-4. The molecule has 2 aromatic carbocycles. The minimum Gasteiger partial charge on any atom is -0.549 e. The fourth-order valence-electron chi connectivity index (χ4n) is 5.23. The lowest BCUT2D eigenvalue weighted by atomic mass is 10.0. The van der Waals surface area contributed by atoms with Crippen LogP contribution in [0.15, 0.2) is 48.5 Å². The van der Waals surface area contributed by atoms with Gasteiger partial charge in [0.15, 0.2) is 6.04 Å². The van der Waals surface area contributed by atoms with E-state index in [-0.39, 0.29) is 43.7 Å². The number of ether oxygens (including phenoxy) is 1. The molecular formula is C34H41N5O13-4. The molecule has 0 aliphatic rings. The van der Waals surface area contributed by atoms with Crippen molar-refractivity contribution in [2.75, 3.05) is 64.3 Å². The van der Waals surface area contributed by atoms with Gasteiger partial charge in [-0.1, -0.05) is 30.3 Å². The lowest BCUT2D eigenvalue weighted by Gasteiger charge is -2.36. The molecule has 0 aliphatic carbocycles. The number of ketones is 1. The number of rotatable bonds is 26. The summed E-state index contributed by atoms with van der Waals surface area (Å²) in [6.45, 7) is -4.05. The van der Waals surface area contributed by atoms with Crippen molar-refractivity contribution in [2.24, 2.45) is 0 Å². The zero-order chi connectivity index (χ0) is 38.8. The van der Waals surface area contributed by atoms with Crippen LogP contribution in [-0.4, -0.2) is 127 Å². The first-order valence-corrected chi connectivity index (χ1v) is 16.2. The first-order valence-electron chi connectivity index (χ1n) is 16.2. The van der Waals surface area contributed by atoms with Crippen LogP contribution in [-0.2, 0) is 33.6 Å². The second kappa shape index (κ2) is 21.7. The number of hydrogen-bond acceptors (Lipinski definition) is 16. The molecule has 2 rings (SSSR count). The van der Waals surface area contributed by atoms with Crippen molar-refractivity contribution in [1.82, 2.24) is 14.7 Å². The predicted molar refractivity (Wildman–Crippen MR) is 170 cm³/mol. The van der Waals surface area contributed by atoms with Crippen LogP contribution in [0, 0.1) is 0 Å². The van der Waals surface area contributed by atoms with E-state index in [2.05, 4.69) is 11.1 Å². The SMILES string of the molecule is CC(=O)CCCC([NH3+])C(=O)Nc1ccccc1-c1ccc(OCC(CN(CCN(CC(=O)[O-])CC(=O)[O-])CC(=O)[O-])N(CC(=O)[O-])CC(=O)[O-])cc1. The van der Waals surface area contributed by atoms with Crippen LogP contribution in [0.4, 0.5) is 5.69 Å². The molecule has 0 aromatic heterocycles. The lowest BCUT2D eigenvalue weighted by molar-refractivity contribution is -0.404. The van der Waals surface area contributed by atoms with Gasteiger partial charge in [0.05, 0.1) is 35.9 Å². The summed E-state index contributed by atoms with van der Waals surface area (Å²) < 4.78 is 5.88. The first kappa shape index (κ1) is 42.7. The molecule has 0 spiro atoms. The van der Waals surface area contributed by atoms with Gasteiger partial charge in [-0.15, -0.1) is 0 Å². The second-order valence-corrected chi connectivity index (χ2v) is 12.0. The van der Waals surface area contributed by atoms with E-state index >= 15 is 0 Å². The minimum absolute atomic E-state index is 0.0262. The molecule has 0 radical (unpaired) electrons. The number of anilines is 1. The molecule has 1 amide bonds. The number of benzene rings is 2. The number of nitrogens with one attached hydrogen (secondary N) is 1. The van der Waals surface area contributed by atoms with E-state index in [0.29, 0.717) is 36.1 Å². The average Bonchev–Trinajstić information content (AvgIpc) is 3.04. The van der Waals surface area contributed by atoms with Crippen LogP contribution >= 0.6 is 0 Å². The van der Waals surface area contributed by atoms with Crippen molar-refractivity contribution in [2.45, 2.75) is 38.3 Å². The Balaban J connectivity index is 2.27.